The lowest BCUT2D eigenvalue weighted by Crippen LogP contribution is -2.40. The van der Waals surface area contributed by atoms with Gasteiger partial charge in [0.25, 0.3) is 5.91 Å². The summed E-state index contributed by atoms with van der Waals surface area (Å²) >= 11 is 0. The van der Waals surface area contributed by atoms with Crippen LogP contribution in [-0.4, -0.2) is 56.9 Å². The second kappa shape index (κ2) is 14.4. The topological polar surface area (TPSA) is 85.8 Å². The van der Waals surface area contributed by atoms with Crippen molar-refractivity contribution in [3.63, 3.8) is 0 Å². The van der Waals surface area contributed by atoms with E-state index >= 15 is 0 Å². The fourth-order valence-electron chi connectivity index (χ4n) is 2.84. The number of amides is 2. The summed E-state index contributed by atoms with van der Waals surface area (Å²) in [6.45, 7) is 1.69. The van der Waals surface area contributed by atoms with E-state index in [2.05, 4.69) is 20.9 Å². The van der Waals surface area contributed by atoms with Gasteiger partial charge in [-0.05, 0) is 29.7 Å². The molecule has 0 aliphatic heterocycles. The Balaban J connectivity index is 0.00000480. The number of guanidine groups is 1. The molecule has 0 aliphatic carbocycles. The molecule has 2 amide bonds. The zero-order valence-electron chi connectivity index (χ0n) is 18.4. The maximum absolute atomic E-state index is 12.1. The summed E-state index contributed by atoms with van der Waals surface area (Å²) in [5.41, 5.74) is 2.83. The van der Waals surface area contributed by atoms with Gasteiger partial charge in [0.05, 0.1) is 0 Å². The minimum absolute atomic E-state index is 0. The second-order valence-electron chi connectivity index (χ2n) is 7.09. The lowest BCUT2D eigenvalue weighted by atomic mass is 10.1. The molecule has 0 saturated heterocycles. The van der Waals surface area contributed by atoms with E-state index in [1.807, 2.05) is 54.6 Å². The molecule has 0 atom stereocenters. The largest absolute Gasteiger partial charge is 0.356 e. The average Bonchev–Trinajstić information content (AvgIpc) is 2.77. The van der Waals surface area contributed by atoms with E-state index in [4.69, 9.17) is 0 Å². The van der Waals surface area contributed by atoms with Crippen molar-refractivity contribution < 1.29 is 9.59 Å². The third kappa shape index (κ3) is 9.82. The number of rotatable bonds is 9. The van der Waals surface area contributed by atoms with E-state index in [1.165, 1.54) is 0 Å². The van der Waals surface area contributed by atoms with Gasteiger partial charge in [0, 0.05) is 52.8 Å². The van der Waals surface area contributed by atoms with Crippen molar-refractivity contribution in [1.82, 2.24) is 20.9 Å². The quantitative estimate of drug-likeness (QED) is 0.261. The molecule has 2 aromatic rings. The lowest BCUT2D eigenvalue weighted by molar-refractivity contribution is -0.121. The number of benzene rings is 2. The van der Waals surface area contributed by atoms with Gasteiger partial charge in [0.2, 0.25) is 5.91 Å². The van der Waals surface area contributed by atoms with Gasteiger partial charge in [-0.15, -0.1) is 24.0 Å². The molecule has 0 unspecified atom stereocenters. The molecule has 0 spiro atoms. The third-order valence-corrected chi connectivity index (χ3v) is 4.49. The van der Waals surface area contributed by atoms with Crippen molar-refractivity contribution in [3.05, 3.63) is 71.3 Å². The second-order valence-corrected chi connectivity index (χ2v) is 7.09. The first kappa shape index (κ1) is 26.4. The van der Waals surface area contributed by atoms with Crippen LogP contribution in [0.1, 0.15) is 27.9 Å². The summed E-state index contributed by atoms with van der Waals surface area (Å²) < 4.78 is 0. The highest BCUT2D eigenvalue weighted by Gasteiger charge is 2.08. The number of hydrogen-bond acceptors (Lipinski definition) is 3. The third-order valence-electron chi connectivity index (χ3n) is 4.49. The average molecular weight is 537 g/mol. The first-order valence-electron chi connectivity index (χ1n) is 10.1. The Labute approximate surface area is 201 Å². The molecule has 0 radical (unpaired) electrons. The smallest absolute Gasteiger partial charge is 0.253 e. The minimum Gasteiger partial charge on any atom is -0.356 e. The molecule has 0 bridgehead atoms. The van der Waals surface area contributed by atoms with Crippen molar-refractivity contribution in [3.8, 4) is 0 Å². The fourth-order valence-corrected chi connectivity index (χ4v) is 2.84. The highest BCUT2D eigenvalue weighted by molar-refractivity contribution is 14.0. The molecule has 168 valence electrons. The monoisotopic (exact) mass is 537 g/mol. The normalized spacial score (nSPS) is 10.6. The number of nitrogens with one attached hydrogen (secondary N) is 3. The number of carbonyl (C=O) groups excluding carboxylic acids is 2. The summed E-state index contributed by atoms with van der Waals surface area (Å²) in [5, 5.41) is 9.29. The van der Waals surface area contributed by atoms with E-state index < -0.39 is 0 Å². The molecule has 0 heterocycles. The Bertz CT molecular complexity index is 856. The van der Waals surface area contributed by atoms with Crippen LogP contribution in [0.15, 0.2) is 59.6 Å². The molecule has 2 aromatic carbocycles. The van der Waals surface area contributed by atoms with E-state index in [0.29, 0.717) is 37.6 Å². The molecule has 0 saturated carbocycles. The Morgan fingerprint density at radius 3 is 2.26 bits per heavy atom. The standard InChI is InChI=1S/C23H31N5O2.HI/c1-24-23(26-15-13-21(29)27-17-19-8-5-4-6-9-19)25-14-12-18-10-7-11-20(16-18)22(30)28(2)3;/h4-11,16H,12-15,17H2,1-3H3,(H,27,29)(H2,24,25,26);1H. The number of carbonyl (C=O) groups is 2. The molecular weight excluding hydrogens is 505 g/mol. The molecule has 0 fully saturated rings. The van der Waals surface area contributed by atoms with Crippen LogP contribution >= 0.6 is 24.0 Å². The molecule has 3 N–H and O–H groups in total. The number of halogens is 1. The maximum atomic E-state index is 12.1. The SMILES string of the molecule is CN=C(NCCC(=O)NCc1ccccc1)NCCc1cccc(C(=O)N(C)C)c1.I. The van der Waals surface area contributed by atoms with E-state index in [9.17, 15) is 9.59 Å². The molecule has 31 heavy (non-hydrogen) atoms. The zero-order chi connectivity index (χ0) is 21.8. The molecule has 2 rings (SSSR count). The Kier molecular flexibility index (Phi) is 12.3. The Morgan fingerprint density at radius 2 is 1.58 bits per heavy atom. The summed E-state index contributed by atoms with van der Waals surface area (Å²) in [4.78, 5) is 29.8. The van der Waals surface area contributed by atoms with Crippen LogP contribution in [0.2, 0.25) is 0 Å². The van der Waals surface area contributed by atoms with Gasteiger partial charge in [-0.1, -0.05) is 42.5 Å². The molecule has 8 heteroatoms. The van der Waals surface area contributed by atoms with Crippen LogP contribution in [0.3, 0.4) is 0 Å². The van der Waals surface area contributed by atoms with Gasteiger partial charge in [0.15, 0.2) is 5.96 Å². The summed E-state index contributed by atoms with van der Waals surface area (Å²) in [6.07, 6.45) is 1.12. The number of nitrogens with zero attached hydrogens (tertiary/aromatic N) is 2. The molecule has 0 aliphatic rings. The fraction of sp³-hybridized carbons (Fsp3) is 0.348. The molecule has 7 nitrogen and oxygen atoms in total. The highest BCUT2D eigenvalue weighted by Crippen LogP contribution is 2.07. The van der Waals surface area contributed by atoms with Crippen molar-refractivity contribution in [2.45, 2.75) is 19.4 Å². The zero-order valence-corrected chi connectivity index (χ0v) is 20.7. The van der Waals surface area contributed by atoms with Crippen LogP contribution in [0.4, 0.5) is 0 Å². The summed E-state index contributed by atoms with van der Waals surface area (Å²) in [5.74, 6) is 0.628. The van der Waals surface area contributed by atoms with Crippen molar-refractivity contribution in [2.24, 2.45) is 4.99 Å². The van der Waals surface area contributed by atoms with Gasteiger partial charge >= 0.3 is 0 Å². The van der Waals surface area contributed by atoms with Gasteiger partial charge in [-0.3, -0.25) is 14.6 Å². The number of hydrogen-bond donors (Lipinski definition) is 3. The van der Waals surface area contributed by atoms with Crippen LogP contribution in [0.25, 0.3) is 0 Å². The van der Waals surface area contributed by atoms with Crippen LogP contribution in [0, 0.1) is 0 Å². The van der Waals surface area contributed by atoms with E-state index in [0.717, 1.165) is 17.5 Å². The predicted octanol–water partition coefficient (Wildman–Crippen LogP) is 2.42. The van der Waals surface area contributed by atoms with Crippen molar-refractivity contribution in [2.75, 3.05) is 34.2 Å². The van der Waals surface area contributed by atoms with Crippen LogP contribution in [-0.2, 0) is 17.8 Å². The first-order valence-corrected chi connectivity index (χ1v) is 10.1. The Hall–Kier alpha value is -2.62. The molecule has 0 aromatic heterocycles. The van der Waals surface area contributed by atoms with Crippen LogP contribution in [0.5, 0.6) is 0 Å². The highest BCUT2D eigenvalue weighted by atomic mass is 127. The van der Waals surface area contributed by atoms with Crippen molar-refractivity contribution in [1.29, 1.82) is 0 Å². The van der Waals surface area contributed by atoms with Gasteiger partial charge < -0.3 is 20.9 Å². The van der Waals surface area contributed by atoms with Gasteiger partial charge in [0.1, 0.15) is 0 Å². The van der Waals surface area contributed by atoms with Crippen molar-refractivity contribution >= 4 is 41.8 Å². The summed E-state index contributed by atoms with van der Waals surface area (Å²) in [7, 11) is 5.18. The van der Waals surface area contributed by atoms with E-state index in [-0.39, 0.29) is 35.8 Å². The predicted molar refractivity (Wildman–Crippen MR) is 136 cm³/mol. The Morgan fingerprint density at radius 1 is 0.903 bits per heavy atom. The summed E-state index contributed by atoms with van der Waals surface area (Å²) in [6, 6.07) is 17.5. The number of aliphatic imine (C=N–C) groups is 1. The van der Waals surface area contributed by atoms with Crippen LogP contribution < -0.4 is 16.0 Å². The maximum Gasteiger partial charge on any atom is 0.253 e. The van der Waals surface area contributed by atoms with Gasteiger partial charge in [-0.25, -0.2) is 0 Å². The first-order chi connectivity index (χ1) is 14.5. The van der Waals surface area contributed by atoms with Gasteiger partial charge in [-0.2, -0.15) is 0 Å². The molecular formula is C23H32IN5O2. The minimum atomic E-state index is -0.0100. The lowest BCUT2D eigenvalue weighted by Gasteiger charge is -2.13. The van der Waals surface area contributed by atoms with E-state index in [1.54, 1.807) is 26.0 Å².